The number of thiazole rings is 1. The first-order valence-electron chi connectivity index (χ1n) is 4.30. The van der Waals surface area contributed by atoms with E-state index in [4.69, 9.17) is 17.3 Å². The average molecular weight is 257 g/mol. The third-order valence-corrected chi connectivity index (χ3v) is 3.83. The summed E-state index contributed by atoms with van der Waals surface area (Å²) in [5.74, 6) is 0.865. The van der Waals surface area contributed by atoms with Crippen molar-refractivity contribution >= 4 is 40.4 Å². The van der Waals surface area contributed by atoms with Crippen LogP contribution in [-0.4, -0.2) is 4.98 Å². The van der Waals surface area contributed by atoms with Crippen molar-refractivity contribution in [3.05, 3.63) is 39.8 Å². The molecule has 5 heteroatoms. The predicted molar refractivity (Wildman–Crippen MR) is 67.5 cm³/mol. The number of thioether (sulfide) groups is 1. The molecule has 0 atom stereocenters. The Morgan fingerprint density at radius 3 is 3.00 bits per heavy atom. The number of nitrogen functional groups attached to an aromatic ring is 1. The molecule has 0 aliphatic carbocycles. The predicted octanol–water partition coefficient (Wildman–Crippen LogP) is 3.67. The van der Waals surface area contributed by atoms with E-state index < -0.39 is 0 Å². The van der Waals surface area contributed by atoms with Crippen LogP contribution in [0.25, 0.3) is 0 Å². The summed E-state index contributed by atoms with van der Waals surface area (Å²) in [4.78, 5) is 5.32. The van der Waals surface area contributed by atoms with Gasteiger partial charge in [-0.1, -0.05) is 11.6 Å². The van der Waals surface area contributed by atoms with E-state index in [1.165, 1.54) is 0 Å². The monoisotopic (exact) mass is 256 g/mol. The topological polar surface area (TPSA) is 38.9 Å². The minimum atomic E-state index is 0.610. The number of hydrogen-bond acceptors (Lipinski definition) is 4. The molecule has 1 aromatic carbocycles. The van der Waals surface area contributed by atoms with Crippen molar-refractivity contribution in [2.75, 3.05) is 5.73 Å². The molecule has 0 saturated carbocycles. The molecule has 0 unspecified atom stereocenters. The number of nitrogens with zero attached hydrogens (tertiary/aromatic N) is 1. The zero-order valence-corrected chi connectivity index (χ0v) is 10.2. The lowest BCUT2D eigenvalue weighted by atomic mass is 10.3. The summed E-state index contributed by atoms with van der Waals surface area (Å²) in [7, 11) is 0. The Labute approximate surface area is 101 Å². The molecule has 78 valence electrons. The maximum Gasteiger partial charge on any atom is 0.0795 e. The third-order valence-electron chi connectivity index (χ3n) is 1.84. The zero-order valence-electron chi connectivity index (χ0n) is 7.81. The van der Waals surface area contributed by atoms with Gasteiger partial charge < -0.3 is 5.73 Å². The molecule has 0 amide bonds. The van der Waals surface area contributed by atoms with Crippen molar-refractivity contribution < 1.29 is 0 Å². The van der Waals surface area contributed by atoms with E-state index in [1.54, 1.807) is 23.1 Å². The van der Waals surface area contributed by atoms with Gasteiger partial charge in [0.15, 0.2) is 0 Å². The molecular weight excluding hydrogens is 248 g/mol. The summed E-state index contributed by atoms with van der Waals surface area (Å²) in [5, 5.41) is 2.66. The fourth-order valence-electron chi connectivity index (χ4n) is 1.06. The number of rotatable bonds is 3. The van der Waals surface area contributed by atoms with Crippen LogP contribution in [0.5, 0.6) is 0 Å². The van der Waals surface area contributed by atoms with Crippen LogP contribution in [-0.2, 0) is 5.75 Å². The number of hydrogen-bond donors (Lipinski definition) is 1. The molecule has 0 spiro atoms. The molecule has 2 rings (SSSR count). The van der Waals surface area contributed by atoms with Gasteiger partial charge in [-0.15, -0.1) is 23.1 Å². The van der Waals surface area contributed by atoms with Crippen LogP contribution in [0.1, 0.15) is 5.69 Å². The molecule has 0 fully saturated rings. The quantitative estimate of drug-likeness (QED) is 0.673. The van der Waals surface area contributed by atoms with Gasteiger partial charge in [0.2, 0.25) is 0 Å². The van der Waals surface area contributed by atoms with E-state index >= 15 is 0 Å². The van der Waals surface area contributed by atoms with E-state index in [-0.39, 0.29) is 0 Å². The molecule has 2 aromatic rings. The van der Waals surface area contributed by atoms with E-state index in [2.05, 4.69) is 4.98 Å². The molecule has 0 saturated heterocycles. The molecule has 1 heterocycles. The van der Waals surface area contributed by atoms with Crippen LogP contribution in [0.3, 0.4) is 0 Å². The van der Waals surface area contributed by atoms with Gasteiger partial charge in [-0.25, -0.2) is 4.98 Å². The van der Waals surface area contributed by atoms with Gasteiger partial charge in [-0.3, -0.25) is 0 Å². The second-order valence-corrected chi connectivity index (χ2v) is 5.13. The normalized spacial score (nSPS) is 10.5. The van der Waals surface area contributed by atoms with E-state index in [1.807, 2.05) is 29.1 Å². The zero-order chi connectivity index (χ0) is 10.7. The maximum absolute atomic E-state index is 5.92. The lowest BCUT2D eigenvalue weighted by molar-refractivity contribution is 1.23. The highest BCUT2D eigenvalue weighted by atomic mass is 35.5. The fourth-order valence-corrected chi connectivity index (χ4v) is 2.81. The Bertz CT molecular complexity index is 443. The lowest BCUT2D eigenvalue weighted by Crippen LogP contribution is -1.86. The Morgan fingerprint density at radius 2 is 2.33 bits per heavy atom. The smallest absolute Gasteiger partial charge is 0.0795 e. The van der Waals surface area contributed by atoms with Crippen LogP contribution in [0, 0.1) is 0 Å². The number of anilines is 1. The van der Waals surface area contributed by atoms with Gasteiger partial charge in [0, 0.05) is 16.0 Å². The van der Waals surface area contributed by atoms with Crippen molar-refractivity contribution in [2.24, 2.45) is 0 Å². The van der Waals surface area contributed by atoms with E-state index in [9.17, 15) is 0 Å². The highest BCUT2D eigenvalue weighted by molar-refractivity contribution is 7.98. The van der Waals surface area contributed by atoms with Crippen molar-refractivity contribution in [2.45, 2.75) is 10.6 Å². The van der Waals surface area contributed by atoms with Gasteiger partial charge in [0.25, 0.3) is 0 Å². The van der Waals surface area contributed by atoms with Gasteiger partial charge >= 0.3 is 0 Å². The second kappa shape index (κ2) is 4.88. The largest absolute Gasteiger partial charge is 0.398 e. The molecule has 0 radical (unpaired) electrons. The molecular formula is C10H9ClN2S2. The number of benzene rings is 1. The highest BCUT2D eigenvalue weighted by Crippen LogP contribution is 2.28. The first-order valence-corrected chi connectivity index (χ1v) is 6.61. The summed E-state index contributed by atoms with van der Waals surface area (Å²) in [5.41, 5.74) is 9.18. The van der Waals surface area contributed by atoms with Crippen molar-refractivity contribution in [1.29, 1.82) is 0 Å². The Kier molecular flexibility index (Phi) is 3.51. The Hall–Kier alpha value is -0.710. The van der Waals surface area contributed by atoms with Crippen LogP contribution >= 0.6 is 34.7 Å². The molecule has 0 bridgehead atoms. The third kappa shape index (κ3) is 2.87. The summed E-state index contributed by atoms with van der Waals surface area (Å²) >= 11 is 9.24. The first kappa shape index (κ1) is 10.8. The molecule has 2 N–H and O–H groups in total. The summed E-state index contributed by atoms with van der Waals surface area (Å²) in [6.07, 6.45) is 0. The standard InChI is InChI=1S/C10H9ClN2S2/c11-9-3-8(1-2-10(9)12)15-5-7-4-14-6-13-7/h1-4,6H,5,12H2. The SMILES string of the molecule is Nc1ccc(SCc2cscn2)cc1Cl. The minimum Gasteiger partial charge on any atom is -0.398 e. The molecule has 15 heavy (non-hydrogen) atoms. The van der Waals surface area contributed by atoms with Crippen molar-refractivity contribution in [3.8, 4) is 0 Å². The average Bonchev–Trinajstić information content (AvgIpc) is 2.73. The van der Waals surface area contributed by atoms with E-state index in [0.717, 1.165) is 16.3 Å². The molecule has 2 nitrogen and oxygen atoms in total. The molecule has 1 aromatic heterocycles. The summed E-state index contributed by atoms with van der Waals surface area (Å²) in [6.45, 7) is 0. The van der Waals surface area contributed by atoms with Crippen molar-refractivity contribution in [1.82, 2.24) is 4.98 Å². The van der Waals surface area contributed by atoms with Crippen LogP contribution in [0.4, 0.5) is 5.69 Å². The molecule has 0 aliphatic rings. The summed E-state index contributed by atoms with van der Waals surface area (Å²) in [6, 6.07) is 5.68. The van der Waals surface area contributed by atoms with Gasteiger partial charge in [-0.2, -0.15) is 0 Å². The highest BCUT2D eigenvalue weighted by Gasteiger charge is 2.01. The van der Waals surface area contributed by atoms with E-state index in [0.29, 0.717) is 10.7 Å². The van der Waals surface area contributed by atoms with Gasteiger partial charge in [0.1, 0.15) is 0 Å². The lowest BCUT2D eigenvalue weighted by Gasteiger charge is -2.02. The Balaban J connectivity index is 2.02. The molecule has 0 aliphatic heterocycles. The summed E-state index contributed by atoms with van der Waals surface area (Å²) < 4.78 is 0. The van der Waals surface area contributed by atoms with Crippen molar-refractivity contribution in [3.63, 3.8) is 0 Å². The fraction of sp³-hybridized carbons (Fsp3) is 0.100. The van der Waals surface area contributed by atoms with Gasteiger partial charge in [0.05, 0.1) is 21.9 Å². The Morgan fingerprint density at radius 1 is 1.47 bits per heavy atom. The first-order chi connectivity index (χ1) is 7.25. The van der Waals surface area contributed by atoms with Crippen LogP contribution in [0.15, 0.2) is 34.0 Å². The number of nitrogens with two attached hydrogens (primary N) is 1. The minimum absolute atomic E-state index is 0.610. The van der Waals surface area contributed by atoms with Gasteiger partial charge in [-0.05, 0) is 18.2 Å². The number of aromatic nitrogens is 1. The second-order valence-electron chi connectivity index (χ2n) is 2.95. The van der Waals surface area contributed by atoms with Crippen LogP contribution in [0.2, 0.25) is 5.02 Å². The van der Waals surface area contributed by atoms with Crippen LogP contribution < -0.4 is 5.73 Å². The number of halogens is 1. The maximum atomic E-state index is 5.92.